The Hall–Kier alpha value is -2.66. The zero-order valence-corrected chi connectivity index (χ0v) is 17.1. The molecule has 1 unspecified atom stereocenters. The Morgan fingerprint density at radius 3 is 2.61 bits per heavy atom. The van der Waals surface area contributed by atoms with E-state index in [1.54, 1.807) is 30.1 Å². The SMILES string of the molecule is CCCN(C(=O)Cc1ccccc1)C(C)c1nc2ccc(Cl)cc2c(=O)n1C. The molecule has 3 aromatic rings. The third-order valence-corrected chi connectivity index (χ3v) is 5.13. The van der Waals surface area contributed by atoms with Gasteiger partial charge in [-0.2, -0.15) is 0 Å². The minimum Gasteiger partial charge on any atom is -0.333 e. The van der Waals surface area contributed by atoms with Gasteiger partial charge in [0.15, 0.2) is 0 Å². The Morgan fingerprint density at radius 2 is 1.93 bits per heavy atom. The largest absolute Gasteiger partial charge is 0.333 e. The van der Waals surface area contributed by atoms with Crippen LogP contribution in [0.5, 0.6) is 0 Å². The smallest absolute Gasteiger partial charge is 0.261 e. The maximum absolute atomic E-state index is 13.0. The van der Waals surface area contributed by atoms with Crippen LogP contribution in [0, 0.1) is 0 Å². The Morgan fingerprint density at radius 1 is 1.21 bits per heavy atom. The van der Waals surface area contributed by atoms with Gasteiger partial charge in [-0.15, -0.1) is 0 Å². The second-order valence-corrected chi connectivity index (χ2v) is 7.36. The van der Waals surface area contributed by atoms with Crippen LogP contribution >= 0.6 is 11.6 Å². The summed E-state index contributed by atoms with van der Waals surface area (Å²) in [4.78, 5) is 32.3. The molecule has 0 aliphatic heterocycles. The number of nitrogens with zero attached hydrogens (tertiary/aromatic N) is 3. The van der Waals surface area contributed by atoms with Crippen molar-refractivity contribution in [1.82, 2.24) is 14.5 Å². The molecule has 0 saturated heterocycles. The lowest BCUT2D eigenvalue weighted by molar-refractivity contribution is -0.132. The number of carbonyl (C=O) groups excluding carboxylic acids is 1. The number of fused-ring (bicyclic) bond motifs is 1. The van der Waals surface area contributed by atoms with Gasteiger partial charge in [0.1, 0.15) is 5.82 Å². The second-order valence-electron chi connectivity index (χ2n) is 6.92. The average Bonchev–Trinajstić information content (AvgIpc) is 2.69. The zero-order chi connectivity index (χ0) is 20.3. The fraction of sp³-hybridized carbons (Fsp3) is 0.318. The number of hydrogen-bond acceptors (Lipinski definition) is 3. The van der Waals surface area contributed by atoms with Gasteiger partial charge in [-0.05, 0) is 37.1 Å². The third-order valence-electron chi connectivity index (χ3n) is 4.90. The molecule has 5 nitrogen and oxygen atoms in total. The normalized spacial score (nSPS) is 12.1. The van der Waals surface area contributed by atoms with E-state index >= 15 is 0 Å². The fourth-order valence-corrected chi connectivity index (χ4v) is 3.59. The first-order valence-corrected chi connectivity index (χ1v) is 9.79. The molecule has 3 rings (SSSR count). The second kappa shape index (κ2) is 8.57. The van der Waals surface area contributed by atoms with Crippen LogP contribution < -0.4 is 5.56 Å². The zero-order valence-electron chi connectivity index (χ0n) is 16.4. The topological polar surface area (TPSA) is 55.2 Å². The van der Waals surface area contributed by atoms with Crippen LogP contribution in [-0.4, -0.2) is 26.9 Å². The van der Waals surface area contributed by atoms with Gasteiger partial charge >= 0.3 is 0 Å². The maximum Gasteiger partial charge on any atom is 0.261 e. The van der Waals surface area contributed by atoms with Gasteiger partial charge in [0, 0.05) is 18.6 Å². The summed E-state index contributed by atoms with van der Waals surface area (Å²) in [5.74, 6) is 0.584. The van der Waals surface area contributed by atoms with Crippen molar-refractivity contribution in [2.45, 2.75) is 32.7 Å². The highest BCUT2D eigenvalue weighted by Gasteiger charge is 2.25. The van der Waals surface area contributed by atoms with Crippen LogP contribution in [0.25, 0.3) is 10.9 Å². The van der Waals surface area contributed by atoms with Crippen molar-refractivity contribution in [3.63, 3.8) is 0 Å². The molecule has 0 aliphatic carbocycles. The quantitative estimate of drug-likeness (QED) is 0.628. The molecule has 0 radical (unpaired) electrons. The summed E-state index contributed by atoms with van der Waals surface area (Å²) >= 11 is 6.03. The van der Waals surface area contributed by atoms with E-state index in [0.29, 0.717) is 34.7 Å². The molecule has 0 fully saturated rings. The fourth-order valence-electron chi connectivity index (χ4n) is 3.42. The maximum atomic E-state index is 13.0. The van der Waals surface area contributed by atoms with Crippen molar-refractivity contribution < 1.29 is 4.79 Å². The molecule has 1 amide bonds. The minimum absolute atomic E-state index is 0.0194. The lowest BCUT2D eigenvalue weighted by Crippen LogP contribution is -2.38. The van der Waals surface area contributed by atoms with E-state index in [-0.39, 0.29) is 17.5 Å². The van der Waals surface area contributed by atoms with Crippen molar-refractivity contribution in [3.05, 3.63) is 75.3 Å². The van der Waals surface area contributed by atoms with Crippen LogP contribution in [0.4, 0.5) is 0 Å². The first kappa shape index (κ1) is 20.1. The summed E-state index contributed by atoms with van der Waals surface area (Å²) in [5.41, 5.74) is 1.39. The molecule has 6 heteroatoms. The van der Waals surface area contributed by atoms with E-state index in [2.05, 4.69) is 4.98 Å². The van der Waals surface area contributed by atoms with Gasteiger partial charge in [-0.1, -0.05) is 48.9 Å². The molecular weight excluding hydrogens is 374 g/mol. The molecule has 0 N–H and O–H groups in total. The van der Waals surface area contributed by atoms with E-state index in [1.807, 2.05) is 44.2 Å². The molecular formula is C22H24ClN3O2. The van der Waals surface area contributed by atoms with Crippen molar-refractivity contribution in [3.8, 4) is 0 Å². The average molecular weight is 398 g/mol. The van der Waals surface area contributed by atoms with Crippen molar-refractivity contribution in [1.29, 1.82) is 0 Å². The standard InChI is InChI=1S/C22H24ClN3O2/c1-4-12-26(20(27)13-16-8-6-5-7-9-16)15(2)21-24-19-11-10-17(23)14-18(19)22(28)25(21)3/h5-11,14-15H,4,12-13H2,1-3H3. The number of carbonyl (C=O) groups is 1. The molecule has 0 spiro atoms. The summed E-state index contributed by atoms with van der Waals surface area (Å²) in [6.45, 7) is 4.55. The number of aromatic nitrogens is 2. The van der Waals surface area contributed by atoms with Crippen molar-refractivity contribution in [2.24, 2.45) is 7.05 Å². The highest BCUT2D eigenvalue weighted by atomic mass is 35.5. The lowest BCUT2D eigenvalue weighted by Gasteiger charge is -2.30. The lowest BCUT2D eigenvalue weighted by atomic mass is 10.1. The number of hydrogen-bond donors (Lipinski definition) is 0. The Balaban J connectivity index is 1.98. The third kappa shape index (κ3) is 4.09. The van der Waals surface area contributed by atoms with E-state index in [0.717, 1.165) is 12.0 Å². The molecule has 1 aromatic heterocycles. The van der Waals surface area contributed by atoms with Gasteiger partial charge in [-0.3, -0.25) is 14.2 Å². The first-order chi connectivity index (χ1) is 13.4. The number of halogens is 1. The molecule has 0 bridgehead atoms. The molecule has 1 heterocycles. The van der Waals surface area contributed by atoms with Crippen molar-refractivity contribution in [2.75, 3.05) is 6.54 Å². The van der Waals surface area contributed by atoms with Gasteiger partial charge < -0.3 is 4.90 Å². The molecule has 28 heavy (non-hydrogen) atoms. The van der Waals surface area contributed by atoms with E-state index in [1.165, 1.54) is 4.57 Å². The summed E-state index contributed by atoms with van der Waals surface area (Å²) in [6, 6.07) is 14.4. The Kier molecular flexibility index (Phi) is 6.15. The van der Waals surface area contributed by atoms with Crippen LogP contribution in [0.3, 0.4) is 0 Å². The highest BCUT2D eigenvalue weighted by Crippen LogP contribution is 2.22. The number of amides is 1. The van der Waals surface area contributed by atoms with Crippen LogP contribution in [-0.2, 0) is 18.3 Å². The summed E-state index contributed by atoms with van der Waals surface area (Å²) in [5, 5.41) is 0.974. The molecule has 2 aromatic carbocycles. The highest BCUT2D eigenvalue weighted by molar-refractivity contribution is 6.31. The molecule has 1 atom stereocenters. The van der Waals surface area contributed by atoms with Gasteiger partial charge in [-0.25, -0.2) is 4.98 Å². The van der Waals surface area contributed by atoms with Gasteiger partial charge in [0.2, 0.25) is 5.91 Å². The summed E-state index contributed by atoms with van der Waals surface area (Å²) in [6.07, 6.45) is 1.14. The van der Waals surface area contributed by atoms with E-state index < -0.39 is 0 Å². The monoisotopic (exact) mass is 397 g/mol. The summed E-state index contributed by atoms with van der Waals surface area (Å²) in [7, 11) is 1.69. The van der Waals surface area contributed by atoms with Gasteiger partial charge in [0.05, 0.1) is 23.4 Å². The van der Waals surface area contributed by atoms with E-state index in [4.69, 9.17) is 11.6 Å². The van der Waals surface area contributed by atoms with Gasteiger partial charge in [0.25, 0.3) is 5.56 Å². The van der Waals surface area contributed by atoms with Crippen LogP contribution in [0.15, 0.2) is 53.3 Å². The number of rotatable bonds is 6. The predicted molar refractivity (Wildman–Crippen MR) is 113 cm³/mol. The molecule has 0 aliphatic rings. The van der Waals surface area contributed by atoms with Crippen LogP contribution in [0.2, 0.25) is 5.02 Å². The minimum atomic E-state index is -0.325. The molecule has 0 saturated carbocycles. The Bertz CT molecular complexity index is 1050. The first-order valence-electron chi connectivity index (χ1n) is 9.42. The number of benzene rings is 2. The summed E-state index contributed by atoms with van der Waals surface area (Å²) < 4.78 is 1.52. The van der Waals surface area contributed by atoms with Crippen molar-refractivity contribution >= 4 is 28.4 Å². The molecule has 146 valence electrons. The predicted octanol–water partition coefficient (Wildman–Crippen LogP) is 4.13. The van der Waals surface area contributed by atoms with Crippen LogP contribution in [0.1, 0.15) is 37.7 Å². The Labute approximate surface area is 169 Å². The van der Waals surface area contributed by atoms with E-state index in [9.17, 15) is 9.59 Å².